The van der Waals surface area contributed by atoms with Gasteiger partial charge in [0.2, 0.25) is 5.91 Å². The zero-order valence-corrected chi connectivity index (χ0v) is 12.9. The van der Waals surface area contributed by atoms with Gasteiger partial charge in [-0.05, 0) is 36.6 Å². The van der Waals surface area contributed by atoms with Crippen LogP contribution in [-0.4, -0.2) is 13.0 Å². The molecule has 116 valence electrons. The van der Waals surface area contributed by atoms with E-state index in [9.17, 15) is 9.18 Å². The van der Waals surface area contributed by atoms with Gasteiger partial charge in [0.25, 0.3) is 0 Å². The van der Waals surface area contributed by atoms with Crippen molar-refractivity contribution in [1.29, 1.82) is 0 Å². The second-order valence-electron chi connectivity index (χ2n) is 5.23. The van der Waals surface area contributed by atoms with Crippen LogP contribution in [-0.2, 0) is 17.8 Å². The van der Waals surface area contributed by atoms with E-state index in [1.165, 1.54) is 18.7 Å². The molecule has 1 amide bonds. The fraction of sp³-hybridized carbons (Fsp3) is 0.278. The van der Waals surface area contributed by atoms with Crippen LogP contribution in [0.25, 0.3) is 0 Å². The zero-order valence-electron chi connectivity index (χ0n) is 12.9. The molecule has 0 saturated carbocycles. The highest BCUT2D eigenvalue weighted by Gasteiger charge is 2.06. The fourth-order valence-corrected chi connectivity index (χ4v) is 2.23. The quantitative estimate of drug-likeness (QED) is 0.888. The molecule has 0 fully saturated rings. The number of carbonyl (C=O) groups excluding carboxylic acids is 1. The molecule has 0 radical (unpaired) electrons. The first-order valence-corrected chi connectivity index (χ1v) is 7.23. The summed E-state index contributed by atoms with van der Waals surface area (Å²) in [4.78, 5) is 11.9. The normalized spacial score (nSPS) is 10.3. The van der Waals surface area contributed by atoms with E-state index in [1.54, 1.807) is 12.1 Å². The van der Waals surface area contributed by atoms with Gasteiger partial charge in [0.15, 0.2) is 11.6 Å². The molecule has 0 bridgehead atoms. The van der Waals surface area contributed by atoms with Crippen LogP contribution in [0.5, 0.6) is 5.75 Å². The molecule has 4 heteroatoms. The number of methoxy groups -OCH3 is 1. The van der Waals surface area contributed by atoms with Crippen LogP contribution in [0.4, 0.5) is 4.39 Å². The van der Waals surface area contributed by atoms with E-state index in [1.807, 2.05) is 31.2 Å². The van der Waals surface area contributed by atoms with Crippen molar-refractivity contribution in [1.82, 2.24) is 5.32 Å². The molecule has 0 heterocycles. The van der Waals surface area contributed by atoms with Crippen LogP contribution in [0.15, 0.2) is 42.5 Å². The molecule has 22 heavy (non-hydrogen) atoms. The number of hydrogen-bond acceptors (Lipinski definition) is 2. The molecule has 0 aromatic heterocycles. The molecule has 0 unspecified atom stereocenters. The Morgan fingerprint density at radius 2 is 2.00 bits per heavy atom. The Hall–Kier alpha value is -2.36. The first-order valence-electron chi connectivity index (χ1n) is 7.23. The van der Waals surface area contributed by atoms with Crippen LogP contribution < -0.4 is 10.1 Å². The van der Waals surface area contributed by atoms with Gasteiger partial charge in [-0.2, -0.15) is 0 Å². The summed E-state index contributed by atoms with van der Waals surface area (Å²) >= 11 is 0. The molecule has 0 spiro atoms. The molecule has 0 aliphatic carbocycles. The lowest BCUT2D eigenvalue weighted by Crippen LogP contribution is -2.23. The lowest BCUT2D eigenvalue weighted by Gasteiger charge is -2.07. The average molecular weight is 301 g/mol. The summed E-state index contributed by atoms with van der Waals surface area (Å²) in [6.45, 7) is 2.53. The van der Waals surface area contributed by atoms with Crippen LogP contribution >= 0.6 is 0 Å². The molecule has 1 N–H and O–H groups in total. The Labute approximate surface area is 130 Å². The number of benzene rings is 2. The van der Waals surface area contributed by atoms with E-state index in [0.717, 1.165) is 11.1 Å². The summed E-state index contributed by atoms with van der Waals surface area (Å²) in [7, 11) is 1.43. The maximum atomic E-state index is 13.6. The van der Waals surface area contributed by atoms with Crippen molar-refractivity contribution in [3.05, 3.63) is 65.0 Å². The monoisotopic (exact) mass is 301 g/mol. The van der Waals surface area contributed by atoms with Crippen molar-refractivity contribution < 1.29 is 13.9 Å². The second-order valence-corrected chi connectivity index (χ2v) is 5.23. The van der Waals surface area contributed by atoms with Crippen molar-refractivity contribution in [2.24, 2.45) is 0 Å². The molecule has 0 saturated heterocycles. The third-order valence-corrected chi connectivity index (χ3v) is 3.43. The van der Waals surface area contributed by atoms with E-state index in [4.69, 9.17) is 4.74 Å². The Balaban J connectivity index is 1.81. The molecule has 0 atom stereocenters. The van der Waals surface area contributed by atoms with Gasteiger partial charge in [0.1, 0.15) is 0 Å². The summed E-state index contributed by atoms with van der Waals surface area (Å²) in [5.74, 6) is -0.231. The number of hydrogen-bond donors (Lipinski definition) is 1. The van der Waals surface area contributed by atoms with Gasteiger partial charge in [-0.15, -0.1) is 0 Å². The van der Waals surface area contributed by atoms with Crippen LogP contribution in [0.3, 0.4) is 0 Å². The number of amides is 1. The molecular formula is C18H20FNO2. The molecule has 2 aromatic carbocycles. The lowest BCUT2D eigenvalue weighted by atomic mass is 10.1. The van der Waals surface area contributed by atoms with Gasteiger partial charge in [0.05, 0.1) is 7.11 Å². The molecule has 3 nitrogen and oxygen atoms in total. The van der Waals surface area contributed by atoms with Crippen molar-refractivity contribution >= 4 is 5.91 Å². The van der Waals surface area contributed by atoms with Crippen molar-refractivity contribution in [2.45, 2.75) is 26.3 Å². The molecule has 0 aliphatic heterocycles. The van der Waals surface area contributed by atoms with Gasteiger partial charge >= 0.3 is 0 Å². The number of carbonyl (C=O) groups is 1. The highest BCUT2D eigenvalue weighted by atomic mass is 19.1. The number of ether oxygens (including phenoxy) is 1. The van der Waals surface area contributed by atoms with E-state index >= 15 is 0 Å². The third kappa shape index (κ3) is 4.58. The van der Waals surface area contributed by atoms with Gasteiger partial charge in [-0.1, -0.05) is 35.9 Å². The minimum absolute atomic E-state index is 0.0438. The first kappa shape index (κ1) is 16.0. The Morgan fingerprint density at radius 1 is 1.18 bits per heavy atom. The topological polar surface area (TPSA) is 38.3 Å². The van der Waals surface area contributed by atoms with Crippen LogP contribution in [0.2, 0.25) is 0 Å². The summed E-state index contributed by atoms with van der Waals surface area (Å²) in [6.07, 6.45) is 0.831. The van der Waals surface area contributed by atoms with Crippen LogP contribution in [0, 0.1) is 12.7 Å². The number of halogens is 1. The van der Waals surface area contributed by atoms with Gasteiger partial charge < -0.3 is 10.1 Å². The number of rotatable bonds is 6. The molecule has 0 aliphatic rings. The summed E-state index contributed by atoms with van der Waals surface area (Å²) < 4.78 is 18.4. The zero-order chi connectivity index (χ0) is 15.9. The largest absolute Gasteiger partial charge is 0.494 e. The minimum Gasteiger partial charge on any atom is -0.494 e. The van der Waals surface area contributed by atoms with E-state index in [-0.39, 0.29) is 11.7 Å². The van der Waals surface area contributed by atoms with E-state index in [0.29, 0.717) is 19.4 Å². The molecule has 2 rings (SSSR count). The number of aryl methyl sites for hydroxylation is 2. The Morgan fingerprint density at radius 3 is 2.68 bits per heavy atom. The van der Waals surface area contributed by atoms with Crippen molar-refractivity contribution in [3.63, 3.8) is 0 Å². The first-order chi connectivity index (χ1) is 10.6. The Bertz CT molecular complexity index is 655. The molecular weight excluding hydrogens is 281 g/mol. The highest BCUT2D eigenvalue weighted by Crippen LogP contribution is 2.18. The molecule has 2 aromatic rings. The smallest absolute Gasteiger partial charge is 0.220 e. The van der Waals surface area contributed by atoms with Crippen molar-refractivity contribution in [2.75, 3.05) is 7.11 Å². The van der Waals surface area contributed by atoms with E-state index < -0.39 is 5.82 Å². The lowest BCUT2D eigenvalue weighted by molar-refractivity contribution is -0.121. The Kier molecular flexibility index (Phi) is 5.53. The number of nitrogens with one attached hydrogen (secondary N) is 1. The SMILES string of the molecule is COc1ccc(CCC(=O)NCc2cccc(C)c2)cc1F. The van der Waals surface area contributed by atoms with Gasteiger partial charge in [-0.25, -0.2) is 4.39 Å². The summed E-state index contributed by atoms with van der Waals surface area (Å²) in [6, 6.07) is 12.8. The van der Waals surface area contributed by atoms with Gasteiger partial charge in [0, 0.05) is 13.0 Å². The minimum atomic E-state index is -0.403. The predicted molar refractivity (Wildman–Crippen MR) is 84.3 cm³/mol. The maximum absolute atomic E-state index is 13.6. The van der Waals surface area contributed by atoms with E-state index in [2.05, 4.69) is 5.32 Å². The average Bonchev–Trinajstić information content (AvgIpc) is 2.51. The highest BCUT2D eigenvalue weighted by molar-refractivity contribution is 5.76. The summed E-state index contributed by atoms with van der Waals surface area (Å²) in [5, 5.41) is 2.88. The maximum Gasteiger partial charge on any atom is 0.220 e. The third-order valence-electron chi connectivity index (χ3n) is 3.43. The van der Waals surface area contributed by atoms with Gasteiger partial charge in [-0.3, -0.25) is 4.79 Å². The van der Waals surface area contributed by atoms with Crippen molar-refractivity contribution in [3.8, 4) is 5.75 Å². The summed E-state index contributed by atoms with van der Waals surface area (Å²) in [5.41, 5.74) is 3.02. The fourth-order valence-electron chi connectivity index (χ4n) is 2.23. The standard InChI is InChI=1S/C18H20FNO2/c1-13-4-3-5-15(10-13)12-20-18(21)9-7-14-6-8-17(22-2)16(19)11-14/h3-6,8,10-11H,7,9,12H2,1-2H3,(H,20,21). The predicted octanol–water partition coefficient (Wildman–Crippen LogP) is 3.39. The van der Waals surface area contributed by atoms with Crippen LogP contribution in [0.1, 0.15) is 23.1 Å². The second kappa shape index (κ2) is 7.59.